The van der Waals surface area contributed by atoms with E-state index in [1.165, 1.54) is 0 Å². The van der Waals surface area contributed by atoms with E-state index in [2.05, 4.69) is 25.9 Å². The molecule has 0 saturated heterocycles. The van der Waals surface area contributed by atoms with Gasteiger partial charge in [-0.1, -0.05) is 24.6 Å². The third kappa shape index (κ3) is 3.21. The molecule has 0 saturated carbocycles. The molecule has 0 amide bonds. The number of nitrogens with zero attached hydrogens (tertiary/aromatic N) is 2. The molecule has 0 unspecified atom stereocenters. The van der Waals surface area contributed by atoms with Crippen LogP contribution in [0.15, 0.2) is 28.7 Å². The summed E-state index contributed by atoms with van der Waals surface area (Å²) in [5.41, 5.74) is 1.16. The van der Waals surface area contributed by atoms with Crippen molar-refractivity contribution in [1.82, 2.24) is 9.97 Å². The van der Waals surface area contributed by atoms with Crippen LogP contribution in [0.3, 0.4) is 0 Å². The molecule has 1 aromatic carbocycles. The second-order valence-electron chi connectivity index (χ2n) is 3.83. The Morgan fingerprint density at radius 3 is 2.72 bits per heavy atom. The largest absolute Gasteiger partial charge is 0.438 e. The van der Waals surface area contributed by atoms with Crippen LogP contribution in [-0.4, -0.2) is 9.97 Å². The van der Waals surface area contributed by atoms with Gasteiger partial charge in [0.15, 0.2) is 0 Å². The predicted octanol–water partition coefficient (Wildman–Crippen LogP) is 4.56. The van der Waals surface area contributed by atoms with Crippen LogP contribution in [-0.2, 0) is 6.42 Å². The molecule has 0 N–H and O–H groups in total. The molecule has 0 atom stereocenters. The minimum atomic E-state index is 0.389. The maximum absolute atomic E-state index is 5.92. The van der Waals surface area contributed by atoms with Gasteiger partial charge in [-0.15, -0.1) is 0 Å². The van der Waals surface area contributed by atoms with Gasteiger partial charge >= 0.3 is 0 Å². The standard InChI is InChI=1S/C13H12BrClN2O/c1-3-12-16-11(15)7-13(17-12)18-10-5-4-8(2)6-9(10)14/h4-7H,3H2,1-2H3. The molecule has 5 heteroatoms. The van der Waals surface area contributed by atoms with Crippen LogP contribution in [0.25, 0.3) is 0 Å². The number of hydrogen-bond acceptors (Lipinski definition) is 3. The molecular formula is C13H12BrClN2O. The monoisotopic (exact) mass is 326 g/mol. The van der Waals surface area contributed by atoms with Crippen molar-refractivity contribution in [3.8, 4) is 11.6 Å². The lowest BCUT2D eigenvalue weighted by molar-refractivity contribution is 0.456. The predicted molar refractivity (Wildman–Crippen MR) is 75.4 cm³/mol. The fourth-order valence-corrected chi connectivity index (χ4v) is 2.22. The fraction of sp³-hybridized carbons (Fsp3) is 0.231. The van der Waals surface area contributed by atoms with E-state index in [-0.39, 0.29) is 0 Å². The number of benzene rings is 1. The highest BCUT2D eigenvalue weighted by Gasteiger charge is 2.07. The number of aromatic nitrogens is 2. The van der Waals surface area contributed by atoms with Gasteiger partial charge in [0.05, 0.1) is 4.47 Å². The highest BCUT2D eigenvalue weighted by atomic mass is 79.9. The zero-order valence-corrected chi connectivity index (χ0v) is 12.4. The maximum Gasteiger partial charge on any atom is 0.224 e. The third-order valence-electron chi connectivity index (χ3n) is 2.34. The Balaban J connectivity index is 2.30. The second-order valence-corrected chi connectivity index (χ2v) is 5.08. The molecule has 18 heavy (non-hydrogen) atoms. The van der Waals surface area contributed by atoms with Gasteiger partial charge in [-0.2, -0.15) is 4.98 Å². The number of halogens is 2. The molecular weight excluding hydrogens is 316 g/mol. The fourth-order valence-electron chi connectivity index (χ4n) is 1.45. The van der Waals surface area contributed by atoms with Gasteiger partial charge in [0.1, 0.15) is 16.7 Å². The number of hydrogen-bond donors (Lipinski definition) is 0. The first-order valence-corrected chi connectivity index (χ1v) is 6.73. The van der Waals surface area contributed by atoms with Gasteiger partial charge in [-0.05, 0) is 40.5 Å². The Labute approximate surface area is 119 Å². The van der Waals surface area contributed by atoms with Crippen LogP contribution >= 0.6 is 27.5 Å². The summed E-state index contributed by atoms with van der Waals surface area (Å²) in [7, 11) is 0. The van der Waals surface area contributed by atoms with E-state index in [4.69, 9.17) is 16.3 Å². The summed E-state index contributed by atoms with van der Waals surface area (Å²) in [6.45, 7) is 3.99. The molecule has 0 aliphatic rings. The normalized spacial score (nSPS) is 10.4. The summed E-state index contributed by atoms with van der Waals surface area (Å²) in [5, 5.41) is 0.389. The van der Waals surface area contributed by atoms with Crippen molar-refractivity contribution in [3.05, 3.63) is 45.3 Å². The molecule has 0 fully saturated rings. The summed E-state index contributed by atoms with van der Waals surface area (Å²) in [6, 6.07) is 7.45. The van der Waals surface area contributed by atoms with Crippen molar-refractivity contribution in [2.75, 3.05) is 0 Å². The minimum Gasteiger partial charge on any atom is -0.438 e. The van der Waals surface area contributed by atoms with Crippen molar-refractivity contribution >= 4 is 27.5 Å². The first-order valence-electron chi connectivity index (χ1n) is 5.56. The molecule has 0 radical (unpaired) electrons. The van der Waals surface area contributed by atoms with Gasteiger partial charge in [0, 0.05) is 12.5 Å². The van der Waals surface area contributed by atoms with Crippen molar-refractivity contribution in [2.45, 2.75) is 20.3 Å². The zero-order chi connectivity index (χ0) is 13.1. The average molecular weight is 328 g/mol. The molecule has 1 heterocycles. The highest BCUT2D eigenvalue weighted by Crippen LogP contribution is 2.30. The summed E-state index contributed by atoms with van der Waals surface area (Å²) in [6.07, 6.45) is 0.714. The van der Waals surface area contributed by atoms with E-state index in [9.17, 15) is 0 Å². The number of rotatable bonds is 3. The van der Waals surface area contributed by atoms with Crippen LogP contribution in [0.4, 0.5) is 0 Å². The summed E-state index contributed by atoms with van der Waals surface area (Å²) < 4.78 is 6.59. The summed E-state index contributed by atoms with van der Waals surface area (Å²) >= 11 is 9.37. The molecule has 94 valence electrons. The molecule has 0 aliphatic carbocycles. The van der Waals surface area contributed by atoms with Crippen LogP contribution in [0.1, 0.15) is 18.3 Å². The summed E-state index contributed by atoms with van der Waals surface area (Å²) in [4.78, 5) is 8.37. The van der Waals surface area contributed by atoms with Crippen LogP contribution in [0, 0.1) is 6.92 Å². The van der Waals surface area contributed by atoms with Crippen LogP contribution in [0.2, 0.25) is 5.15 Å². The molecule has 2 aromatic rings. The van der Waals surface area contributed by atoms with Crippen LogP contribution in [0.5, 0.6) is 11.6 Å². The van der Waals surface area contributed by atoms with Crippen molar-refractivity contribution in [1.29, 1.82) is 0 Å². The van der Waals surface area contributed by atoms with Crippen molar-refractivity contribution in [2.24, 2.45) is 0 Å². The third-order valence-corrected chi connectivity index (χ3v) is 3.15. The second kappa shape index (κ2) is 5.67. The Bertz CT molecular complexity index is 575. The Hall–Kier alpha value is -1.13. The van der Waals surface area contributed by atoms with E-state index in [1.54, 1.807) is 6.07 Å². The van der Waals surface area contributed by atoms with Crippen molar-refractivity contribution < 1.29 is 4.74 Å². The highest BCUT2D eigenvalue weighted by molar-refractivity contribution is 9.10. The van der Waals surface area contributed by atoms with Crippen molar-refractivity contribution in [3.63, 3.8) is 0 Å². The van der Waals surface area contributed by atoms with Gasteiger partial charge in [-0.25, -0.2) is 4.98 Å². The van der Waals surface area contributed by atoms with E-state index in [0.29, 0.717) is 29.0 Å². The lowest BCUT2D eigenvalue weighted by atomic mass is 10.2. The van der Waals surface area contributed by atoms with Gasteiger partial charge in [0.25, 0.3) is 0 Å². The van der Waals surface area contributed by atoms with E-state index in [1.807, 2.05) is 32.0 Å². The molecule has 0 spiro atoms. The van der Waals surface area contributed by atoms with E-state index >= 15 is 0 Å². The molecule has 2 rings (SSSR count). The first kappa shape index (κ1) is 13.3. The Morgan fingerprint density at radius 2 is 2.06 bits per heavy atom. The molecule has 0 aliphatic heterocycles. The lowest BCUT2D eigenvalue weighted by Crippen LogP contribution is -1.96. The minimum absolute atomic E-state index is 0.389. The van der Waals surface area contributed by atoms with E-state index < -0.39 is 0 Å². The SMILES string of the molecule is CCc1nc(Cl)cc(Oc2ccc(C)cc2Br)n1. The quantitative estimate of drug-likeness (QED) is 0.775. The molecule has 3 nitrogen and oxygen atoms in total. The topological polar surface area (TPSA) is 35.0 Å². The zero-order valence-electron chi connectivity index (χ0n) is 10.1. The first-order chi connectivity index (χ1) is 8.58. The van der Waals surface area contributed by atoms with Gasteiger partial charge in [0.2, 0.25) is 5.88 Å². The maximum atomic E-state index is 5.92. The van der Waals surface area contributed by atoms with Gasteiger partial charge < -0.3 is 4.74 Å². The Morgan fingerprint density at radius 1 is 1.28 bits per heavy atom. The Kier molecular flexibility index (Phi) is 4.19. The number of aryl methyl sites for hydroxylation is 2. The summed E-state index contributed by atoms with van der Waals surface area (Å²) in [5.74, 6) is 1.83. The van der Waals surface area contributed by atoms with E-state index in [0.717, 1.165) is 10.0 Å². The lowest BCUT2D eigenvalue weighted by Gasteiger charge is -2.08. The van der Waals surface area contributed by atoms with Gasteiger partial charge in [-0.3, -0.25) is 0 Å². The molecule has 0 bridgehead atoms. The number of ether oxygens (including phenoxy) is 1. The smallest absolute Gasteiger partial charge is 0.224 e. The van der Waals surface area contributed by atoms with Crippen LogP contribution < -0.4 is 4.74 Å². The average Bonchev–Trinajstić information content (AvgIpc) is 2.32. The molecule has 1 aromatic heterocycles.